The minimum absolute atomic E-state index is 0.273. The Morgan fingerprint density at radius 1 is 1.19 bits per heavy atom. The largest absolute Gasteiger partial charge is 0.379 e. The van der Waals surface area contributed by atoms with Gasteiger partial charge in [-0.25, -0.2) is 9.50 Å². The molecule has 0 spiro atoms. The summed E-state index contributed by atoms with van der Waals surface area (Å²) in [5.41, 5.74) is 5.11. The summed E-state index contributed by atoms with van der Waals surface area (Å²) >= 11 is 0. The average Bonchev–Trinajstić information content (AvgIpc) is 3.12. The van der Waals surface area contributed by atoms with Crippen LogP contribution in [-0.4, -0.2) is 69.8 Å². The van der Waals surface area contributed by atoms with Gasteiger partial charge in [-0.1, -0.05) is 13.8 Å². The molecule has 2 atom stereocenters. The zero-order valence-corrected chi connectivity index (χ0v) is 16.8. The predicted molar refractivity (Wildman–Crippen MR) is 105 cm³/mol. The highest BCUT2D eigenvalue weighted by atomic mass is 16.5. The van der Waals surface area contributed by atoms with Crippen LogP contribution in [-0.2, 0) is 11.2 Å². The van der Waals surface area contributed by atoms with Crippen LogP contribution in [0.5, 0.6) is 0 Å². The van der Waals surface area contributed by atoms with E-state index in [2.05, 4.69) is 47.3 Å². The molecule has 146 valence electrons. The van der Waals surface area contributed by atoms with Crippen LogP contribution in [0.15, 0.2) is 12.3 Å². The SMILES string of the molecule is Cc1cc2ncc3c(n2n1)C[C@@H]1CC[C@H]3N1CC(C)(C)CN1CCOCC1. The molecule has 0 N–H and O–H groups in total. The molecule has 0 amide bonds. The number of hydrogen-bond acceptors (Lipinski definition) is 5. The third-order valence-electron chi connectivity index (χ3n) is 6.53. The predicted octanol–water partition coefficient (Wildman–Crippen LogP) is 2.46. The zero-order chi connectivity index (χ0) is 18.6. The van der Waals surface area contributed by atoms with E-state index < -0.39 is 0 Å². The van der Waals surface area contributed by atoms with Gasteiger partial charge in [-0.2, -0.15) is 5.10 Å². The van der Waals surface area contributed by atoms with E-state index in [0.29, 0.717) is 12.1 Å². The number of ether oxygens (including phenoxy) is 1. The number of morpholine rings is 1. The second-order valence-electron chi connectivity index (χ2n) is 9.39. The van der Waals surface area contributed by atoms with Crippen molar-refractivity contribution in [1.29, 1.82) is 0 Å². The van der Waals surface area contributed by atoms with Gasteiger partial charge in [0.2, 0.25) is 0 Å². The smallest absolute Gasteiger partial charge is 0.155 e. The van der Waals surface area contributed by atoms with Crippen LogP contribution in [0.3, 0.4) is 0 Å². The molecular weight excluding hydrogens is 338 g/mol. The van der Waals surface area contributed by atoms with Gasteiger partial charge >= 0.3 is 0 Å². The van der Waals surface area contributed by atoms with E-state index in [1.165, 1.54) is 24.1 Å². The highest BCUT2D eigenvalue weighted by Gasteiger charge is 2.43. The molecule has 3 aliphatic rings. The van der Waals surface area contributed by atoms with Gasteiger partial charge in [-0.3, -0.25) is 9.80 Å². The van der Waals surface area contributed by atoms with Gasteiger partial charge in [-0.05, 0) is 25.2 Å². The zero-order valence-electron chi connectivity index (χ0n) is 16.8. The molecule has 3 aliphatic heterocycles. The van der Waals surface area contributed by atoms with Crippen molar-refractivity contribution in [3.63, 3.8) is 0 Å². The van der Waals surface area contributed by atoms with Crippen molar-refractivity contribution in [3.05, 3.63) is 29.2 Å². The number of fused-ring (bicyclic) bond motifs is 6. The Hall–Kier alpha value is -1.50. The minimum atomic E-state index is 0.273. The molecule has 6 heteroatoms. The van der Waals surface area contributed by atoms with Gasteiger partial charge in [0.15, 0.2) is 5.65 Å². The second kappa shape index (κ2) is 6.54. The average molecular weight is 370 g/mol. The van der Waals surface area contributed by atoms with E-state index in [-0.39, 0.29) is 5.41 Å². The minimum Gasteiger partial charge on any atom is -0.379 e. The summed E-state index contributed by atoms with van der Waals surface area (Å²) < 4.78 is 7.62. The van der Waals surface area contributed by atoms with Crippen LogP contribution in [0.25, 0.3) is 5.65 Å². The van der Waals surface area contributed by atoms with E-state index in [4.69, 9.17) is 14.8 Å². The highest BCUT2D eigenvalue weighted by molar-refractivity contribution is 5.44. The lowest BCUT2D eigenvalue weighted by molar-refractivity contribution is 0.00978. The monoisotopic (exact) mass is 369 g/mol. The van der Waals surface area contributed by atoms with Crippen molar-refractivity contribution < 1.29 is 4.74 Å². The Kier molecular flexibility index (Phi) is 4.26. The van der Waals surface area contributed by atoms with Gasteiger partial charge < -0.3 is 4.74 Å². The maximum absolute atomic E-state index is 5.52. The lowest BCUT2D eigenvalue weighted by Gasteiger charge is -2.43. The van der Waals surface area contributed by atoms with Crippen molar-refractivity contribution in [3.8, 4) is 0 Å². The Morgan fingerprint density at radius 3 is 2.81 bits per heavy atom. The van der Waals surface area contributed by atoms with E-state index in [9.17, 15) is 0 Å². The summed E-state index contributed by atoms with van der Waals surface area (Å²) in [4.78, 5) is 10.0. The van der Waals surface area contributed by atoms with Crippen molar-refractivity contribution in [2.24, 2.45) is 5.41 Å². The van der Waals surface area contributed by atoms with Crippen LogP contribution < -0.4 is 0 Å². The highest BCUT2D eigenvalue weighted by Crippen LogP contribution is 2.44. The fourth-order valence-electron chi connectivity index (χ4n) is 5.45. The Labute approximate surface area is 161 Å². The molecular formula is C21H31N5O. The van der Waals surface area contributed by atoms with E-state index >= 15 is 0 Å². The number of aromatic nitrogens is 3. The summed E-state index contributed by atoms with van der Waals surface area (Å²) in [5, 5.41) is 4.72. The third-order valence-corrected chi connectivity index (χ3v) is 6.53. The quantitative estimate of drug-likeness (QED) is 0.828. The lowest BCUT2D eigenvalue weighted by atomic mass is 9.88. The first-order valence-electron chi connectivity index (χ1n) is 10.4. The topological polar surface area (TPSA) is 45.9 Å². The van der Waals surface area contributed by atoms with E-state index in [1.807, 2.05) is 0 Å². The second-order valence-corrected chi connectivity index (χ2v) is 9.39. The molecule has 2 bridgehead atoms. The molecule has 5 heterocycles. The maximum Gasteiger partial charge on any atom is 0.155 e. The molecule has 0 aromatic carbocycles. The summed E-state index contributed by atoms with van der Waals surface area (Å²) in [6.07, 6.45) is 5.76. The molecule has 2 fully saturated rings. The van der Waals surface area contributed by atoms with Gasteiger partial charge in [0, 0.05) is 62.5 Å². The fraction of sp³-hybridized carbons (Fsp3) is 0.714. The molecule has 2 aromatic rings. The molecule has 27 heavy (non-hydrogen) atoms. The van der Waals surface area contributed by atoms with Crippen molar-refractivity contribution in [1.82, 2.24) is 24.4 Å². The van der Waals surface area contributed by atoms with Crippen molar-refractivity contribution in [2.75, 3.05) is 39.4 Å². The molecule has 0 unspecified atom stereocenters. The van der Waals surface area contributed by atoms with Crippen LogP contribution in [0, 0.1) is 12.3 Å². The first kappa shape index (κ1) is 17.6. The fourth-order valence-corrected chi connectivity index (χ4v) is 5.45. The molecule has 5 rings (SSSR count). The molecule has 0 aliphatic carbocycles. The molecule has 6 nitrogen and oxygen atoms in total. The van der Waals surface area contributed by atoms with E-state index in [0.717, 1.165) is 57.2 Å². The van der Waals surface area contributed by atoms with Gasteiger partial charge in [0.05, 0.1) is 24.6 Å². The van der Waals surface area contributed by atoms with Crippen LogP contribution in [0.1, 0.15) is 49.7 Å². The number of rotatable bonds is 4. The molecule has 0 radical (unpaired) electrons. The normalized spacial score (nSPS) is 26.6. The van der Waals surface area contributed by atoms with Crippen LogP contribution >= 0.6 is 0 Å². The van der Waals surface area contributed by atoms with Gasteiger partial charge in [0.25, 0.3) is 0 Å². The van der Waals surface area contributed by atoms with Crippen LogP contribution in [0.2, 0.25) is 0 Å². The first-order chi connectivity index (χ1) is 13.0. The van der Waals surface area contributed by atoms with Gasteiger partial charge in [0.1, 0.15) is 0 Å². The van der Waals surface area contributed by atoms with Crippen molar-refractivity contribution in [2.45, 2.75) is 52.1 Å². The number of aryl methyl sites for hydroxylation is 1. The molecule has 0 saturated carbocycles. The molecule has 2 saturated heterocycles. The molecule has 2 aromatic heterocycles. The number of hydrogen-bond donors (Lipinski definition) is 0. The summed E-state index contributed by atoms with van der Waals surface area (Å²) in [6, 6.07) is 3.23. The summed E-state index contributed by atoms with van der Waals surface area (Å²) in [7, 11) is 0. The van der Waals surface area contributed by atoms with Crippen LogP contribution in [0.4, 0.5) is 0 Å². The van der Waals surface area contributed by atoms with Gasteiger partial charge in [-0.15, -0.1) is 0 Å². The number of nitrogens with zero attached hydrogens (tertiary/aromatic N) is 5. The Morgan fingerprint density at radius 2 is 2.00 bits per heavy atom. The third kappa shape index (κ3) is 3.18. The summed E-state index contributed by atoms with van der Waals surface area (Å²) in [5.74, 6) is 0. The summed E-state index contributed by atoms with van der Waals surface area (Å²) in [6.45, 7) is 13.1. The maximum atomic E-state index is 5.52. The first-order valence-corrected chi connectivity index (χ1v) is 10.4. The Bertz CT molecular complexity index is 838. The Balaban J connectivity index is 1.38. The van der Waals surface area contributed by atoms with E-state index in [1.54, 1.807) is 0 Å². The van der Waals surface area contributed by atoms with Crippen molar-refractivity contribution >= 4 is 5.65 Å². The lowest BCUT2D eigenvalue weighted by Crippen LogP contribution is -2.49. The standard InChI is InChI=1S/C21H31N5O/c1-15-10-20-22-12-17-18-5-4-16(11-19(17)26(20)23-15)25(18)14-21(2,3)13-24-6-8-27-9-7-24/h10,12,16,18H,4-9,11,13-14H2,1-3H3/t16-,18+/m0/s1.